The molecule has 10 heteroatoms. The third kappa shape index (κ3) is 5.23. The zero-order valence-corrected chi connectivity index (χ0v) is 15.4. The Morgan fingerprint density at radius 2 is 1.96 bits per heavy atom. The quantitative estimate of drug-likeness (QED) is 0.486. The van der Waals surface area contributed by atoms with Crippen molar-refractivity contribution in [3.05, 3.63) is 40.3 Å². The summed E-state index contributed by atoms with van der Waals surface area (Å²) in [5.74, 6) is 0.750. The number of ether oxygens (including phenoxy) is 2. The van der Waals surface area contributed by atoms with Crippen LogP contribution in [0.15, 0.2) is 34.2 Å². The summed E-state index contributed by atoms with van der Waals surface area (Å²) in [6.07, 6.45) is -0.00261. The number of nitrogens with one attached hydrogen (secondary N) is 3. The van der Waals surface area contributed by atoms with Crippen LogP contribution in [0.25, 0.3) is 0 Å². The zero-order valence-electron chi connectivity index (χ0n) is 14.5. The lowest BCUT2D eigenvalue weighted by Crippen LogP contribution is -2.22. The van der Waals surface area contributed by atoms with Gasteiger partial charge in [0, 0.05) is 24.9 Å². The molecule has 2 aromatic rings. The minimum Gasteiger partial charge on any atom is -0.486 e. The predicted molar refractivity (Wildman–Crippen MR) is 99.4 cm³/mol. The number of benzene rings is 1. The number of nitrogens with zero attached hydrogens (tertiary/aromatic N) is 1. The first-order valence-corrected chi connectivity index (χ1v) is 9.15. The van der Waals surface area contributed by atoms with E-state index in [9.17, 15) is 14.4 Å². The molecule has 0 atom stereocenters. The Hall–Kier alpha value is -3.01. The van der Waals surface area contributed by atoms with Crippen molar-refractivity contribution in [1.29, 1.82) is 0 Å². The average Bonchev–Trinajstić information content (AvgIpc) is 2.66. The van der Waals surface area contributed by atoms with Gasteiger partial charge in [-0.1, -0.05) is 11.8 Å². The standard InChI is InChI=1S/C17H18N4O5S/c1-18-14(22)7-11-8-15(23)21-17(20-11)27-9-16(24)19-10-2-3-12-13(6-10)26-5-4-25-12/h2-3,6,8H,4-5,7,9H2,1H3,(H,18,22)(H,19,24)(H,20,21,23). The predicted octanol–water partition coefficient (Wildman–Crippen LogP) is 0.560. The second-order valence-corrected chi connectivity index (χ2v) is 6.55. The lowest BCUT2D eigenvalue weighted by molar-refractivity contribution is -0.120. The van der Waals surface area contributed by atoms with Crippen LogP contribution in [0.2, 0.25) is 0 Å². The summed E-state index contributed by atoms with van der Waals surface area (Å²) in [7, 11) is 1.51. The van der Waals surface area contributed by atoms with Crippen molar-refractivity contribution in [1.82, 2.24) is 15.3 Å². The summed E-state index contributed by atoms with van der Waals surface area (Å²) in [6.45, 7) is 0.963. The van der Waals surface area contributed by atoms with Gasteiger partial charge in [-0.2, -0.15) is 0 Å². The fourth-order valence-corrected chi connectivity index (χ4v) is 3.04. The van der Waals surface area contributed by atoms with Crippen LogP contribution in [0, 0.1) is 0 Å². The van der Waals surface area contributed by atoms with Gasteiger partial charge >= 0.3 is 0 Å². The van der Waals surface area contributed by atoms with Gasteiger partial charge in [0.2, 0.25) is 11.8 Å². The second kappa shape index (κ2) is 8.58. The molecule has 1 aliphatic heterocycles. The van der Waals surface area contributed by atoms with Gasteiger partial charge < -0.3 is 25.1 Å². The molecular formula is C17H18N4O5S. The first kappa shape index (κ1) is 18.8. The lowest BCUT2D eigenvalue weighted by Gasteiger charge is -2.18. The molecule has 0 bridgehead atoms. The van der Waals surface area contributed by atoms with Crippen LogP contribution in [0.1, 0.15) is 5.69 Å². The SMILES string of the molecule is CNC(=O)Cc1cc(=O)[nH]c(SCC(=O)Nc2ccc3c(c2)OCCO3)n1. The molecule has 3 rings (SSSR count). The lowest BCUT2D eigenvalue weighted by atomic mass is 10.2. The van der Waals surface area contributed by atoms with Crippen LogP contribution >= 0.6 is 11.8 Å². The third-order valence-electron chi connectivity index (χ3n) is 3.56. The Bertz CT molecular complexity index is 914. The number of carbonyl (C=O) groups excluding carboxylic acids is 2. The van der Waals surface area contributed by atoms with Crippen molar-refractivity contribution in [2.24, 2.45) is 0 Å². The molecule has 0 spiro atoms. The second-order valence-electron chi connectivity index (χ2n) is 5.59. The van der Waals surface area contributed by atoms with Crippen LogP contribution in [0.4, 0.5) is 5.69 Å². The molecule has 2 amide bonds. The van der Waals surface area contributed by atoms with Gasteiger partial charge in [0.1, 0.15) is 13.2 Å². The number of hydrogen-bond donors (Lipinski definition) is 3. The number of fused-ring (bicyclic) bond motifs is 1. The molecule has 0 radical (unpaired) electrons. The molecule has 1 aromatic carbocycles. The Balaban J connectivity index is 1.59. The summed E-state index contributed by atoms with van der Waals surface area (Å²) >= 11 is 1.07. The van der Waals surface area contributed by atoms with Crippen molar-refractivity contribution in [2.45, 2.75) is 11.6 Å². The summed E-state index contributed by atoms with van der Waals surface area (Å²) in [5.41, 5.74) is 0.547. The minimum absolute atomic E-state index is 0.00261. The van der Waals surface area contributed by atoms with E-state index in [4.69, 9.17) is 9.47 Å². The van der Waals surface area contributed by atoms with E-state index in [-0.39, 0.29) is 34.7 Å². The van der Waals surface area contributed by atoms with Gasteiger partial charge in [-0.15, -0.1) is 0 Å². The van der Waals surface area contributed by atoms with Gasteiger partial charge in [-0.25, -0.2) is 4.98 Å². The molecule has 1 aliphatic rings. The van der Waals surface area contributed by atoms with Crippen molar-refractivity contribution in [3.63, 3.8) is 0 Å². The number of anilines is 1. The summed E-state index contributed by atoms with van der Waals surface area (Å²) in [4.78, 5) is 42.0. The highest BCUT2D eigenvalue weighted by atomic mass is 32.2. The number of thioether (sulfide) groups is 1. The maximum atomic E-state index is 12.2. The first-order chi connectivity index (χ1) is 13.0. The van der Waals surface area contributed by atoms with Crippen molar-refractivity contribution in [3.8, 4) is 11.5 Å². The van der Waals surface area contributed by atoms with Crippen molar-refractivity contribution >= 4 is 29.3 Å². The number of aromatic amines is 1. The van der Waals surface area contributed by atoms with Crippen LogP contribution in [0.5, 0.6) is 11.5 Å². The molecule has 0 saturated carbocycles. The number of rotatable bonds is 6. The fourth-order valence-electron chi connectivity index (χ4n) is 2.35. The van der Waals surface area contributed by atoms with E-state index in [1.54, 1.807) is 18.2 Å². The van der Waals surface area contributed by atoms with E-state index in [0.29, 0.717) is 36.1 Å². The van der Waals surface area contributed by atoms with E-state index >= 15 is 0 Å². The summed E-state index contributed by atoms with van der Waals surface area (Å²) in [5, 5.41) is 5.50. The maximum Gasteiger partial charge on any atom is 0.251 e. The number of carbonyl (C=O) groups is 2. The summed E-state index contributed by atoms with van der Waals surface area (Å²) < 4.78 is 10.9. The first-order valence-electron chi connectivity index (χ1n) is 8.16. The zero-order chi connectivity index (χ0) is 19.2. The third-order valence-corrected chi connectivity index (χ3v) is 4.43. The maximum absolute atomic E-state index is 12.2. The topological polar surface area (TPSA) is 122 Å². The van der Waals surface area contributed by atoms with E-state index in [0.717, 1.165) is 11.8 Å². The monoisotopic (exact) mass is 390 g/mol. The van der Waals surface area contributed by atoms with Gasteiger partial charge in [0.15, 0.2) is 16.7 Å². The van der Waals surface area contributed by atoms with Gasteiger partial charge in [-0.3, -0.25) is 14.4 Å². The number of likely N-dealkylation sites (N-methyl/N-ethyl adjacent to an activating group) is 1. The van der Waals surface area contributed by atoms with Gasteiger partial charge in [-0.05, 0) is 12.1 Å². The number of hydrogen-bond acceptors (Lipinski definition) is 7. The molecular weight excluding hydrogens is 372 g/mol. The van der Waals surface area contributed by atoms with Gasteiger partial charge in [0.05, 0.1) is 17.9 Å². The molecule has 142 valence electrons. The van der Waals surface area contributed by atoms with Crippen LogP contribution in [-0.2, 0) is 16.0 Å². The Labute approximate surface area is 158 Å². The van der Waals surface area contributed by atoms with E-state index in [2.05, 4.69) is 20.6 Å². The highest BCUT2D eigenvalue weighted by molar-refractivity contribution is 7.99. The molecule has 0 unspecified atom stereocenters. The normalized spacial score (nSPS) is 12.3. The molecule has 1 aromatic heterocycles. The van der Waals surface area contributed by atoms with Crippen molar-refractivity contribution in [2.75, 3.05) is 31.3 Å². The number of H-pyrrole nitrogens is 1. The molecule has 0 saturated heterocycles. The molecule has 2 heterocycles. The summed E-state index contributed by atoms with van der Waals surface area (Å²) in [6, 6.07) is 6.41. The molecule has 9 nitrogen and oxygen atoms in total. The van der Waals surface area contributed by atoms with Crippen LogP contribution in [0.3, 0.4) is 0 Å². The Morgan fingerprint density at radius 3 is 2.74 bits per heavy atom. The highest BCUT2D eigenvalue weighted by Crippen LogP contribution is 2.32. The molecule has 27 heavy (non-hydrogen) atoms. The van der Waals surface area contributed by atoms with Crippen LogP contribution < -0.4 is 25.7 Å². The van der Waals surface area contributed by atoms with E-state index in [1.165, 1.54) is 13.1 Å². The highest BCUT2D eigenvalue weighted by Gasteiger charge is 2.13. The average molecular weight is 390 g/mol. The Morgan fingerprint density at radius 1 is 1.19 bits per heavy atom. The molecule has 0 fully saturated rings. The largest absolute Gasteiger partial charge is 0.486 e. The number of aromatic nitrogens is 2. The Kier molecular flexibility index (Phi) is 5.97. The fraction of sp³-hybridized carbons (Fsp3) is 0.294. The number of amides is 2. The minimum atomic E-state index is -0.376. The molecule has 3 N–H and O–H groups in total. The van der Waals surface area contributed by atoms with E-state index in [1.807, 2.05) is 0 Å². The van der Waals surface area contributed by atoms with Crippen molar-refractivity contribution < 1.29 is 19.1 Å². The van der Waals surface area contributed by atoms with Crippen LogP contribution in [-0.4, -0.2) is 47.8 Å². The van der Waals surface area contributed by atoms with Gasteiger partial charge in [0.25, 0.3) is 5.56 Å². The van der Waals surface area contributed by atoms with E-state index < -0.39 is 0 Å². The smallest absolute Gasteiger partial charge is 0.251 e. The molecule has 0 aliphatic carbocycles.